The predicted molar refractivity (Wildman–Crippen MR) is 143 cm³/mol. The number of benzene rings is 2. The number of sulfonamides is 1. The van der Waals surface area contributed by atoms with Crippen LogP contribution < -0.4 is 9.62 Å². The number of nitrogens with one attached hydrogen (secondary N) is 1. The normalized spacial score (nSPS) is 12.7. The van der Waals surface area contributed by atoms with Crippen LogP contribution in [0.25, 0.3) is 0 Å². The number of hydrogen-bond acceptors (Lipinski definition) is 4. The van der Waals surface area contributed by atoms with Crippen LogP contribution in [-0.4, -0.2) is 49.5 Å². The van der Waals surface area contributed by atoms with Crippen LogP contribution in [0, 0.1) is 5.82 Å². The summed E-state index contributed by atoms with van der Waals surface area (Å²) in [6.45, 7) is 6.45. The summed E-state index contributed by atoms with van der Waals surface area (Å²) in [5, 5.41) is 3.01. The minimum atomic E-state index is -4.01. The highest BCUT2D eigenvalue weighted by Crippen LogP contribution is 2.35. The van der Waals surface area contributed by atoms with Gasteiger partial charge in [-0.3, -0.25) is 13.9 Å². The molecule has 0 bridgehead atoms. The van der Waals surface area contributed by atoms with E-state index in [2.05, 4.69) is 5.32 Å². The van der Waals surface area contributed by atoms with Crippen LogP contribution in [0.2, 0.25) is 15.1 Å². The van der Waals surface area contributed by atoms with E-state index in [4.69, 9.17) is 34.8 Å². The number of hydrogen-bond donors (Lipinski definition) is 1. The van der Waals surface area contributed by atoms with Crippen LogP contribution in [0.3, 0.4) is 0 Å². The van der Waals surface area contributed by atoms with Crippen LogP contribution in [0.4, 0.5) is 10.1 Å². The van der Waals surface area contributed by atoms with Gasteiger partial charge in [0.05, 0.1) is 27.0 Å². The summed E-state index contributed by atoms with van der Waals surface area (Å²) in [6, 6.07) is 7.09. The van der Waals surface area contributed by atoms with E-state index < -0.39 is 45.8 Å². The van der Waals surface area contributed by atoms with Crippen molar-refractivity contribution in [3.05, 3.63) is 62.8 Å². The van der Waals surface area contributed by atoms with E-state index in [1.165, 1.54) is 41.3 Å². The minimum absolute atomic E-state index is 0.0229. The molecule has 12 heteroatoms. The molecule has 198 valence electrons. The third-order valence-corrected chi connectivity index (χ3v) is 7.24. The van der Waals surface area contributed by atoms with Gasteiger partial charge in [-0.1, -0.05) is 53.9 Å². The fraction of sp³-hybridized carbons (Fsp3) is 0.417. The molecule has 1 atom stereocenters. The second-order valence-corrected chi connectivity index (χ2v) is 12.4. The van der Waals surface area contributed by atoms with Crippen molar-refractivity contribution in [1.82, 2.24) is 10.2 Å². The van der Waals surface area contributed by atoms with Gasteiger partial charge in [0, 0.05) is 12.1 Å². The first-order valence-electron chi connectivity index (χ1n) is 11.0. The number of amides is 2. The lowest BCUT2D eigenvalue weighted by atomic mass is 10.1. The molecule has 1 N–H and O–H groups in total. The van der Waals surface area contributed by atoms with Crippen LogP contribution in [0.15, 0.2) is 36.4 Å². The fourth-order valence-corrected chi connectivity index (χ4v) is 5.00. The summed E-state index contributed by atoms with van der Waals surface area (Å²) < 4.78 is 39.7. The van der Waals surface area contributed by atoms with Crippen molar-refractivity contribution < 1.29 is 22.4 Å². The number of rotatable bonds is 9. The monoisotopic (exact) mass is 579 g/mol. The van der Waals surface area contributed by atoms with Crippen molar-refractivity contribution >= 4 is 62.3 Å². The second kappa shape index (κ2) is 12.0. The molecule has 2 amide bonds. The van der Waals surface area contributed by atoms with Gasteiger partial charge in [0.15, 0.2) is 0 Å². The summed E-state index contributed by atoms with van der Waals surface area (Å²) in [7, 11) is -4.01. The lowest BCUT2D eigenvalue weighted by Crippen LogP contribution is -2.55. The molecule has 0 radical (unpaired) electrons. The van der Waals surface area contributed by atoms with Crippen molar-refractivity contribution in [2.24, 2.45) is 0 Å². The Balaban J connectivity index is 2.52. The largest absolute Gasteiger partial charge is 0.350 e. The molecule has 0 saturated carbocycles. The van der Waals surface area contributed by atoms with E-state index in [9.17, 15) is 22.4 Å². The SMILES string of the molecule is CCC(C(=O)NC(C)(C)C)N(Cc1ccc(F)cc1)C(=O)CN(c1cc(Cl)c(Cl)cc1Cl)S(C)(=O)=O. The zero-order chi connectivity index (χ0) is 27.4. The van der Waals surface area contributed by atoms with Gasteiger partial charge in [0.25, 0.3) is 0 Å². The van der Waals surface area contributed by atoms with Crippen molar-refractivity contribution in [3.8, 4) is 0 Å². The number of carbonyl (C=O) groups excluding carboxylic acids is 2. The molecule has 2 rings (SSSR count). The van der Waals surface area contributed by atoms with Gasteiger partial charge in [0.1, 0.15) is 18.4 Å². The van der Waals surface area contributed by atoms with E-state index in [0.717, 1.165) is 10.6 Å². The fourth-order valence-electron chi connectivity index (χ4n) is 3.46. The number of halogens is 4. The maximum atomic E-state index is 13.6. The number of anilines is 1. The van der Waals surface area contributed by atoms with Gasteiger partial charge in [-0.25, -0.2) is 12.8 Å². The maximum Gasteiger partial charge on any atom is 0.244 e. The molecular weight excluding hydrogens is 552 g/mol. The zero-order valence-corrected chi connectivity index (χ0v) is 23.7. The Bertz CT molecular complexity index is 1220. The number of nitrogens with zero attached hydrogens (tertiary/aromatic N) is 2. The third kappa shape index (κ3) is 8.23. The van der Waals surface area contributed by atoms with E-state index in [-0.39, 0.29) is 33.7 Å². The topological polar surface area (TPSA) is 86.8 Å². The summed E-state index contributed by atoms with van der Waals surface area (Å²) in [6.07, 6.45) is 1.17. The molecule has 0 aliphatic heterocycles. The highest BCUT2D eigenvalue weighted by molar-refractivity contribution is 7.92. The van der Waals surface area contributed by atoms with Gasteiger partial charge in [-0.2, -0.15) is 0 Å². The molecular formula is C24H29Cl3FN3O4S. The first-order chi connectivity index (χ1) is 16.5. The predicted octanol–water partition coefficient (Wildman–Crippen LogP) is 5.27. The Kier molecular flexibility index (Phi) is 10.0. The lowest BCUT2D eigenvalue weighted by Gasteiger charge is -2.34. The summed E-state index contributed by atoms with van der Waals surface area (Å²) >= 11 is 18.3. The highest BCUT2D eigenvalue weighted by atomic mass is 35.5. The average molecular weight is 581 g/mol. The third-order valence-electron chi connectivity index (χ3n) is 5.09. The van der Waals surface area contributed by atoms with Crippen LogP contribution in [0.1, 0.15) is 39.7 Å². The van der Waals surface area contributed by atoms with Crippen molar-refractivity contribution in [2.45, 2.75) is 52.2 Å². The van der Waals surface area contributed by atoms with E-state index >= 15 is 0 Å². The molecule has 0 saturated heterocycles. The quantitative estimate of drug-likeness (QED) is 0.409. The molecule has 2 aromatic rings. The van der Waals surface area contributed by atoms with Crippen LogP contribution in [0.5, 0.6) is 0 Å². The molecule has 0 fully saturated rings. The van der Waals surface area contributed by atoms with Gasteiger partial charge in [-0.15, -0.1) is 0 Å². The second-order valence-electron chi connectivity index (χ2n) is 9.30. The van der Waals surface area contributed by atoms with Crippen LogP contribution >= 0.6 is 34.8 Å². The smallest absolute Gasteiger partial charge is 0.244 e. The molecule has 1 unspecified atom stereocenters. The molecule has 7 nitrogen and oxygen atoms in total. The van der Waals surface area contributed by atoms with Crippen LogP contribution in [-0.2, 0) is 26.2 Å². The van der Waals surface area contributed by atoms with Gasteiger partial charge in [-0.05, 0) is 57.0 Å². The molecule has 0 aliphatic rings. The molecule has 2 aromatic carbocycles. The van der Waals surface area contributed by atoms with Crippen molar-refractivity contribution in [3.63, 3.8) is 0 Å². The molecule has 0 aromatic heterocycles. The lowest BCUT2D eigenvalue weighted by molar-refractivity contribution is -0.141. The molecule has 0 aliphatic carbocycles. The van der Waals surface area contributed by atoms with E-state index in [0.29, 0.717) is 5.56 Å². The Hall–Kier alpha value is -2.07. The first kappa shape index (κ1) is 30.2. The summed E-state index contributed by atoms with van der Waals surface area (Å²) in [5.74, 6) is -1.52. The summed E-state index contributed by atoms with van der Waals surface area (Å²) in [5.41, 5.74) is -0.0392. The van der Waals surface area contributed by atoms with E-state index in [1.54, 1.807) is 27.7 Å². The van der Waals surface area contributed by atoms with Crippen molar-refractivity contribution in [1.29, 1.82) is 0 Å². The maximum absolute atomic E-state index is 13.6. The first-order valence-corrected chi connectivity index (χ1v) is 14.0. The molecule has 0 heterocycles. The molecule has 0 spiro atoms. The van der Waals surface area contributed by atoms with E-state index in [1.807, 2.05) is 0 Å². The summed E-state index contributed by atoms with van der Waals surface area (Å²) in [4.78, 5) is 28.0. The Morgan fingerprint density at radius 2 is 1.58 bits per heavy atom. The standard InChI is InChI=1S/C24H29Cl3FN3O4S/c1-6-20(23(33)29-24(2,3)4)30(13-15-7-9-16(28)10-8-15)22(32)14-31(36(5,34)35)21-12-18(26)17(25)11-19(21)27/h7-12,20H,6,13-14H2,1-5H3,(H,29,33). The van der Waals surface area contributed by atoms with Gasteiger partial charge < -0.3 is 10.2 Å². The highest BCUT2D eigenvalue weighted by Gasteiger charge is 2.33. The van der Waals surface area contributed by atoms with Crippen molar-refractivity contribution in [2.75, 3.05) is 17.1 Å². The molecule has 36 heavy (non-hydrogen) atoms. The average Bonchev–Trinajstić information content (AvgIpc) is 2.74. The Morgan fingerprint density at radius 1 is 1.03 bits per heavy atom. The Labute approximate surface area is 226 Å². The zero-order valence-electron chi connectivity index (χ0n) is 20.6. The minimum Gasteiger partial charge on any atom is -0.350 e. The van der Waals surface area contributed by atoms with Gasteiger partial charge >= 0.3 is 0 Å². The number of carbonyl (C=O) groups is 2. The Morgan fingerprint density at radius 3 is 2.08 bits per heavy atom. The van der Waals surface area contributed by atoms with Gasteiger partial charge in [0.2, 0.25) is 21.8 Å².